The van der Waals surface area contributed by atoms with Crippen LogP contribution < -0.4 is 15.5 Å². The number of carbonyl (C=O) groups excluding carboxylic acids is 2. The van der Waals surface area contributed by atoms with E-state index in [4.69, 9.17) is 0 Å². The first-order valence-electron chi connectivity index (χ1n) is 11.4. The summed E-state index contributed by atoms with van der Waals surface area (Å²) in [5.74, 6) is 0.821. The summed E-state index contributed by atoms with van der Waals surface area (Å²) in [4.78, 5) is 39.9. The molecule has 0 saturated carbocycles. The highest BCUT2D eigenvalue weighted by Gasteiger charge is 2.20. The minimum Gasteiger partial charge on any atom is -0.339 e. The lowest BCUT2D eigenvalue weighted by molar-refractivity contribution is 0.0793. The van der Waals surface area contributed by atoms with Crippen molar-refractivity contribution >= 4 is 23.6 Å². The van der Waals surface area contributed by atoms with Crippen LogP contribution in [0.25, 0.3) is 0 Å². The summed E-state index contributed by atoms with van der Waals surface area (Å²) in [5, 5.41) is 5.74. The van der Waals surface area contributed by atoms with Gasteiger partial charge in [-0.1, -0.05) is 6.07 Å². The number of nitrogens with zero attached hydrogens (tertiary/aromatic N) is 5. The molecule has 0 radical (unpaired) electrons. The molecular weight excluding hydrogens is 406 g/mol. The highest BCUT2D eigenvalue weighted by molar-refractivity contribution is 5.97. The Morgan fingerprint density at radius 3 is 2.44 bits per heavy atom. The molecule has 4 rings (SSSR count). The molecule has 2 saturated heterocycles. The zero-order valence-corrected chi connectivity index (χ0v) is 18.4. The van der Waals surface area contributed by atoms with Crippen LogP contribution in [0.2, 0.25) is 0 Å². The normalized spacial score (nSPS) is 16.8. The van der Waals surface area contributed by atoms with Crippen LogP contribution in [-0.2, 0) is 0 Å². The zero-order chi connectivity index (χ0) is 22.2. The molecule has 2 aliphatic rings. The molecule has 170 valence electrons. The fraction of sp³-hybridized carbons (Fsp3) is 0.478. The molecule has 9 nitrogen and oxygen atoms in total. The van der Waals surface area contributed by atoms with Crippen molar-refractivity contribution in [1.29, 1.82) is 0 Å². The standard InChI is InChI=1S/C23H31N7O2/c31-21(29-12-1-2-13-29)19-6-3-7-20(18-19)27-23(32)26-10-5-11-28-14-16-30(17-15-28)22-24-8-4-9-25-22/h3-4,6-9,18H,1-2,5,10-17H2,(H2,26,27,32). The number of rotatable bonds is 7. The first-order valence-corrected chi connectivity index (χ1v) is 11.4. The van der Waals surface area contributed by atoms with E-state index in [-0.39, 0.29) is 11.9 Å². The average Bonchev–Trinajstić information content (AvgIpc) is 3.38. The van der Waals surface area contributed by atoms with Crippen LogP contribution in [0, 0.1) is 0 Å². The molecule has 0 spiro atoms. The van der Waals surface area contributed by atoms with Gasteiger partial charge in [-0.15, -0.1) is 0 Å². The zero-order valence-electron chi connectivity index (χ0n) is 18.4. The Hall–Kier alpha value is -3.20. The number of hydrogen-bond donors (Lipinski definition) is 2. The van der Waals surface area contributed by atoms with Gasteiger partial charge in [0.2, 0.25) is 5.95 Å². The van der Waals surface area contributed by atoms with Gasteiger partial charge in [-0.25, -0.2) is 14.8 Å². The smallest absolute Gasteiger partial charge is 0.319 e. The van der Waals surface area contributed by atoms with Crippen LogP contribution in [0.1, 0.15) is 29.6 Å². The number of aromatic nitrogens is 2. The Balaban J connectivity index is 1.14. The van der Waals surface area contributed by atoms with Crippen LogP contribution in [0.15, 0.2) is 42.7 Å². The van der Waals surface area contributed by atoms with Crippen molar-refractivity contribution in [1.82, 2.24) is 25.1 Å². The molecule has 2 fully saturated rings. The van der Waals surface area contributed by atoms with Gasteiger partial charge in [-0.3, -0.25) is 9.69 Å². The molecule has 32 heavy (non-hydrogen) atoms. The lowest BCUT2D eigenvalue weighted by Crippen LogP contribution is -2.47. The van der Waals surface area contributed by atoms with Gasteiger partial charge in [0.25, 0.3) is 5.91 Å². The second kappa shape index (κ2) is 10.9. The summed E-state index contributed by atoms with van der Waals surface area (Å²) in [7, 11) is 0. The highest BCUT2D eigenvalue weighted by atomic mass is 16.2. The van der Waals surface area contributed by atoms with Gasteiger partial charge in [0.15, 0.2) is 0 Å². The minimum atomic E-state index is -0.248. The largest absolute Gasteiger partial charge is 0.339 e. The van der Waals surface area contributed by atoms with Gasteiger partial charge in [-0.05, 0) is 50.1 Å². The third kappa shape index (κ3) is 5.94. The average molecular weight is 438 g/mol. The van der Waals surface area contributed by atoms with Crippen LogP contribution in [-0.4, -0.2) is 84.1 Å². The quantitative estimate of drug-likeness (QED) is 0.644. The van der Waals surface area contributed by atoms with E-state index in [1.54, 1.807) is 36.7 Å². The third-order valence-electron chi connectivity index (χ3n) is 5.90. The molecule has 3 heterocycles. The predicted octanol–water partition coefficient (Wildman–Crippen LogP) is 2.05. The SMILES string of the molecule is O=C(NCCCN1CCN(c2ncccn2)CC1)Nc1cccc(C(=O)N2CCCC2)c1. The van der Waals surface area contributed by atoms with Crippen molar-refractivity contribution in [3.63, 3.8) is 0 Å². The van der Waals surface area contributed by atoms with Gasteiger partial charge in [-0.2, -0.15) is 0 Å². The number of piperazine rings is 1. The summed E-state index contributed by atoms with van der Waals surface area (Å²) in [6.45, 7) is 6.89. The number of hydrogen-bond acceptors (Lipinski definition) is 6. The molecule has 9 heteroatoms. The number of urea groups is 1. The highest BCUT2D eigenvalue weighted by Crippen LogP contribution is 2.16. The van der Waals surface area contributed by atoms with Gasteiger partial charge in [0.1, 0.15) is 0 Å². The fourth-order valence-electron chi connectivity index (χ4n) is 4.14. The summed E-state index contributed by atoms with van der Waals surface area (Å²) >= 11 is 0. The molecule has 2 aliphatic heterocycles. The molecule has 0 unspecified atom stereocenters. The van der Waals surface area contributed by atoms with Crippen molar-refractivity contribution in [2.45, 2.75) is 19.3 Å². The maximum atomic E-state index is 12.5. The molecule has 2 aromatic rings. The Bertz CT molecular complexity index is 894. The summed E-state index contributed by atoms with van der Waals surface area (Å²) < 4.78 is 0. The van der Waals surface area contributed by atoms with Crippen LogP contribution >= 0.6 is 0 Å². The Morgan fingerprint density at radius 2 is 1.69 bits per heavy atom. The molecule has 1 aromatic carbocycles. The topological polar surface area (TPSA) is 93.7 Å². The number of anilines is 2. The maximum Gasteiger partial charge on any atom is 0.319 e. The van der Waals surface area contributed by atoms with Gasteiger partial charge < -0.3 is 20.4 Å². The second-order valence-corrected chi connectivity index (χ2v) is 8.19. The molecular formula is C23H31N7O2. The van der Waals surface area contributed by atoms with E-state index in [9.17, 15) is 9.59 Å². The Kier molecular flexibility index (Phi) is 7.50. The molecule has 3 amide bonds. The first kappa shape index (κ1) is 22.0. The van der Waals surface area contributed by atoms with E-state index in [0.29, 0.717) is 17.8 Å². The van der Waals surface area contributed by atoms with E-state index in [0.717, 1.165) is 71.0 Å². The van der Waals surface area contributed by atoms with Gasteiger partial charge in [0, 0.05) is 69.5 Å². The summed E-state index contributed by atoms with van der Waals surface area (Å²) in [6, 6.07) is 8.73. The Labute approximate surface area is 188 Å². The molecule has 2 N–H and O–H groups in total. The lowest BCUT2D eigenvalue weighted by Gasteiger charge is -2.34. The van der Waals surface area contributed by atoms with Crippen molar-refractivity contribution in [2.24, 2.45) is 0 Å². The molecule has 0 atom stereocenters. The van der Waals surface area contributed by atoms with Gasteiger partial charge >= 0.3 is 6.03 Å². The van der Waals surface area contributed by atoms with Crippen LogP contribution in [0.4, 0.5) is 16.4 Å². The first-order chi connectivity index (χ1) is 15.7. The predicted molar refractivity (Wildman–Crippen MR) is 124 cm³/mol. The summed E-state index contributed by atoms with van der Waals surface area (Å²) in [6.07, 6.45) is 6.54. The number of likely N-dealkylation sites (tertiary alicyclic amines) is 1. The van der Waals surface area contributed by atoms with E-state index >= 15 is 0 Å². The van der Waals surface area contributed by atoms with Crippen molar-refractivity contribution in [3.05, 3.63) is 48.3 Å². The number of carbonyl (C=O) groups is 2. The third-order valence-corrected chi connectivity index (χ3v) is 5.90. The van der Waals surface area contributed by atoms with Gasteiger partial charge in [0.05, 0.1) is 0 Å². The molecule has 0 aliphatic carbocycles. The second-order valence-electron chi connectivity index (χ2n) is 8.19. The maximum absolute atomic E-state index is 12.5. The summed E-state index contributed by atoms with van der Waals surface area (Å²) in [5.41, 5.74) is 1.25. The van der Waals surface area contributed by atoms with E-state index in [1.807, 2.05) is 11.0 Å². The Morgan fingerprint density at radius 1 is 0.938 bits per heavy atom. The van der Waals surface area contributed by atoms with Crippen molar-refractivity contribution < 1.29 is 9.59 Å². The van der Waals surface area contributed by atoms with Crippen LogP contribution in [0.3, 0.4) is 0 Å². The number of amides is 3. The number of benzene rings is 1. The number of nitrogens with one attached hydrogen (secondary N) is 2. The van der Waals surface area contributed by atoms with E-state index in [2.05, 4.69) is 30.4 Å². The van der Waals surface area contributed by atoms with E-state index < -0.39 is 0 Å². The lowest BCUT2D eigenvalue weighted by atomic mass is 10.2. The molecule has 0 bridgehead atoms. The fourth-order valence-corrected chi connectivity index (χ4v) is 4.14. The monoisotopic (exact) mass is 437 g/mol. The minimum absolute atomic E-state index is 0.0329. The van der Waals surface area contributed by atoms with Crippen molar-refractivity contribution in [3.8, 4) is 0 Å². The van der Waals surface area contributed by atoms with Crippen LogP contribution in [0.5, 0.6) is 0 Å². The van der Waals surface area contributed by atoms with E-state index in [1.165, 1.54) is 0 Å². The molecule has 1 aromatic heterocycles. The van der Waals surface area contributed by atoms with Crippen molar-refractivity contribution in [2.75, 3.05) is 62.6 Å².